The normalized spacial score (nSPS) is 11.6. The van der Waals surface area contributed by atoms with Crippen molar-refractivity contribution in [3.05, 3.63) is 59.8 Å². The van der Waals surface area contributed by atoms with Crippen molar-refractivity contribution >= 4 is 9.84 Å². The lowest BCUT2D eigenvalue weighted by molar-refractivity contribution is 0.415. The Kier molecular flexibility index (Phi) is 5.73. The van der Waals surface area contributed by atoms with Crippen LogP contribution in [-0.2, 0) is 15.6 Å². The number of ether oxygens (including phenoxy) is 1. The topological polar surface area (TPSA) is 74.1 Å². The number of aromatic nitrogens is 3. The Morgan fingerprint density at radius 2 is 1.96 bits per heavy atom. The SMILES string of the molecule is CCCS(=O)(=O)Cc1ccc(F)c(-n2cc(-c3cccc(OC)c3)nn2)c1F. The summed E-state index contributed by atoms with van der Waals surface area (Å²) in [6.45, 7) is 1.72. The summed E-state index contributed by atoms with van der Waals surface area (Å²) >= 11 is 0. The van der Waals surface area contributed by atoms with Crippen LogP contribution in [0.2, 0.25) is 0 Å². The lowest BCUT2D eigenvalue weighted by Gasteiger charge is -2.09. The predicted octanol–water partition coefficient (Wildman–Crippen LogP) is 3.55. The van der Waals surface area contributed by atoms with Crippen molar-refractivity contribution in [2.24, 2.45) is 0 Å². The van der Waals surface area contributed by atoms with E-state index in [0.29, 0.717) is 23.4 Å². The predicted molar refractivity (Wildman–Crippen MR) is 101 cm³/mol. The van der Waals surface area contributed by atoms with E-state index in [1.807, 2.05) is 0 Å². The van der Waals surface area contributed by atoms with Gasteiger partial charge in [-0.15, -0.1) is 5.10 Å². The molecule has 1 heterocycles. The third-order valence-corrected chi connectivity index (χ3v) is 5.91. The van der Waals surface area contributed by atoms with Gasteiger partial charge < -0.3 is 4.74 Å². The molecular weight excluding hydrogens is 388 g/mol. The summed E-state index contributed by atoms with van der Waals surface area (Å²) in [5, 5.41) is 7.77. The second kappa shape index (κ2) is 8.05. The Balaban J connectivity index is 2.00. The van der Waals surface area contributed by atoms with Crippen LogP contribution in [-0.4, -0.2) is 36.3 Å². The smallest absolute Gasteiger partial charge is 0.156 e. The molecule has 3 rings (SSSR count). The summed E-state index contributed by atoms with van der Waals surface area (Å²) in [6, 6.07) is 9.16. The number of nitrogens with zero attached hydrogens (tertiary/aromatic N) is 3. The molecule has 0 saturated heterocycles. The fourth-order valence-electron chi connectivity index (χ4n) is 2.81. The quantitative estimate of drug-likeness (QED) is 0.599. The monoisotopic (exact) mass is 407 g/mol. The van der Waals surface area contributed by atoms with Gasteiger partial charge in [0.25, 0.3) is 0 Å². The first-order valence-corrected chi connectivity index (χ1v) is 10.4. The molecule has 0 spiro atoms. The molecule has 0 aliphatic carbocycles. The number of methoxy groups -OCH3 is 1. The molecule has 2 aromatic carbocycles. The highest BCUT2D eigenvalue weighted by atomic mass is 32.2. The van der Waals surface area contributed by atoms with Crippen LogP contribution in [0.15, 0.2) is 42.6 Å². The van der Waals surface area contributed by atoms with Crippen molar-refractivity contribution < 1.29 is 21.9 Å². The lowest BCUT2D eigenvalue weighted by atomic mass is 10.1. The van der Waals surface area contributed by atoms with Crippen molar-refractivity contribution in [3.63, 3.8) is 0 Å². The van der Waals surface area contributed by atoms with Crippen LogP contribution in [0.4, 0.5) is 8.78 Å². The number of rotatable bonds is 7. The molecule has 0 unspecified atom stereocenters. The summed E-state index contributed by atoms with van der Waals surface area (Å²) in [7, 11) is -1.96. The molecule has 0 amide bonds. The third kappa shape index (κ3) is 4.19. The van der Waals surface area contributed by atoms with Crippen molar-refractivity contribution in [2.75, 3.05) is 12.9 Å². The first-order chi connectivity index (χ1) is 13.3. The van der Waals surface area contributed by atoms with E-state index in [1.54, 1.807) is 31.2 Å². The number of benzene rings is 2. The van der Waals surface area contributed by atoms with Crippen molar-refractivity contribution in [1.82, 2.24) is 15.0 Å². The van der Waals surface area contributed by atoms with E-state index < -0.39 is 32.9 Å². The van der Waals surface area contributed by atoms with Gasteiger partial charge >= 0.3 is 0 Å². The van der Waals surface area contributed by atoms with E-state index in [-0.39, 0.29) is 11.3 Å². The molecule has 0 fully saturated rings. The molecular formula is C19H19F2N3O3S. The van der Waals surface area contributed by atoms with Crippen LogP contribution in [0.5, 0.6) is 5.75 Å². The largest absolute Gasteiger partial charge is 0.497 e. The van der Waals surface area contributed by atoms with Gasteiger partial charge in [0.05, 0.1) is 24.8 Å². The van der Waals surface area contributed by atoms with Crippen molar-refractivity contribution in [3.8, 4) is 22.7 Å². The minimum Gasteiger partial charge on any atom is -0.497 e. The maximum atomic E-state index is 14.9. The molecule has 0 aliphatic rings. The molecule has 0 bridgehead atoms. The molecule has 0 aliphatic heterocycles. The molecule has 0 atom stereocenters. The summed E-state index contributed by atoms with van der Waals surface area (Å²) < 4.78 is 59.4. The highest BCUT2D eigenvalue weighted by molar-refractivity contribution is 7.90. The summed E-state index contributed by atoms with van der Waals surface area (Å²) in [6.07, 6.45) is 1.80. The van der Waals surface area contributed by atoms with E-state index in [0.717, 1.165) is 16.8 Å². The van der Waals surface area contributed by atoms with Gasteiger partial charge in [0.1, 0.15) is 17.1 Å². The first-order valence-electron chi connectivity index (χ1n) is 8.59. The van der Waals surface area contributed by atoms with Gasteiger partial charge in [-0.1, -0.05) is 30.3 Å². The Bertz CT molecular complexity index is 1100. The van der Waals surface area contributed by atoms with Gasteiger partial charge in [-0.05, 0) is 24.6 Å². The molecule has 1 aromatic heterocycles. The van der Waals surface area contributed by atoms with E-state index in [9.17, 15) is 17.2 Å². The van der Waals surface area contributed by atoms with Gasteiger partial charge in [0.15, 0.2) is 21.5 Å². The molecule has 3 aromatic rings. The zero-order valence-electron chi connectivity index (χ0n) is 15.4. The highest BCUT2D eigenvalue weighted by Crippen LogP contribution is 2.26. The van der Waals surface area contributed by atoms with Gasteiger partial charge in [-0.3, -0.25) is 0 Å². The average Bonchev–Trinajstić information content (AvgIpc) is 3.14. The summed E-state index contributed by atoms with van der Waals surface area (Å²) in [4.78, 5) is 0. The minimum absolute atomic E-state index is 0.0670. The van der Waals surface area contributed by atoms with Crippen LogP contribution >= 0.6 is 0 Å². The van der Waals surface area contributed by atoms with Crippen LogP contribution < -0.4 is 4.74 Å². The fraction of sp³-hybridized carbons (Fsp3) is 0.263. The number of halogens is 2. The van der Waals surface area contributed by atoms with Crippen molar-refractivity contribution in [1.29, 1.82) is 0 Å². The minimum atomic E-state index is -3.49. The molecule has 0 N–H and O–H groups in total. The second-order valence-corrected chi connectivity index (χ2v) is 8.43. The van der Waals surface area contributed by atoms with Crippen LogP contribution in [0, 0.1) is 11.6 Å². The summed E-state index contributed by atoms with van der Waals surface area (Å²) in [5.41, 5.74) is 0.476. The first kappa shape index (κ1) is 19.9. The zero-order valence-corrected chi connectivity index (χ0v) is 16.2. The third-order valence-electron chi connectivity index (χ3n) is 4.13. The van der Waals surface area contributed by atoms with E-state index in [4.69, 9.17) is 4.74 Å². The fourth-order valence-corrected chi connectivity index (χ4v) is 4.28. The number of hydrogen-bond acceptors (Lipinski definition) is 5. The molecule has 148 valence electrons. The lowest BCUT2D eigenvalue weighted by Crippen LogP contribution is -2.12. The molecule has 6 nitrogen and oxygen atoms in total. The van der Waals surface area contributed by atoms with Crippen molar-refractivity contribution in [2.45, 2.75) is 19.1 Å². The van der Waals surface area contributed by atoms with Gasteiger partial charge in [0.2, 0.25) is 0 Å². The standard InChI is InChI=1S/C19H19F2N3O3S/c1-3-9-28(25,26)12-14-7-8-16(20)19(18(14)21)24-11-17(22-23-24)13-5-4-6-15(10-13)27-2/h4-8,10-11H,3,9,12H2,1-2H3. The van der Waals surface area contributed by atoms with Crippen LogP contribution in [0.25, 0.3) is 16.9 Å². The maximum Gasteiger partial charge on any atom is 0.156 e. The van der Waals surface area contributed by atoms with Crippen LogP contribution in [0.3, 0.4) is 0 Å². The Morgan fingerprint density at radius 3 is 2.68 bits per heavy atom. The molecule has 0 saturated carbocycles. The molecule has 0 radical (unpaired) electrons. The van der Waals surface area contributed by atoms with E-state index in [2.05, 4.69) is 10.3 Å². The average molecular weight is 407 g/mol. The Hall–Kier alpha value is -2.81. The second-order valence-electron chi connectivity index (χ2n) is 6.24. The molecule has 9 heteroatoms. The number of hydrogen-bond donors (Lipinski definition) is 0. The van der Waals surface area contributed by atoms with Gasteiger partial charge in [-0.2, -0.15) is 0 Å². The Morgan fingerprint density at radius 1 is 1.18 bits per heavy atom. The number of sulfone groups is 1. The van der Waals surface area contributed by atoms with Gasteiger partial charge in [-0.25, -0.2) is 21.9 Å². The maximum absolute atomic E-state index is 14.9. The molecule has 28 heavy (non-hydrogen) atoms. The summed E-state index contributed by atoms with van der Waals surface area (Å²) in [5.74, 6) is -1.80. The van der Waals surface area contributed by atoms with Crippen LogP contribution in [0.1, 0.15) is 18.9 Å². The highest BCUT2D eigenvalue weighted by Gasteiger charge is 2.21. The zero-order chi connectivity index (χ0) is 20.3. The van der Waals surface area contributed by atoms with Gasteiger partial charge in [0, 0.05) is 11.1 Å². The Labute approximate surface area is 161 Å². The van der Waals surface area contributed by atoms with E-state index >= 15 is 0 Å². The van der Waals surface area contributed by atoms with E-state index in [1.165, 1.54) is 13.3 Å².